The van der Waals surface area contributed by atoms with Gasteiger partial charge in [-0.1, -0.05) is 6.07 Å². The Kier molecular flexibility index (Phi) is 8.03. The molecule has 0 saturated heterocycles. The molecular formula is C22H26BrN3O7S. The highest BCUT2D eigenvalue weighted by molar-refractivity contribution is 9.10. The minimum atomic E-state index is -3.55. The lowest BCUT2D eigenvalue weighted by Gasteiger charge is -2.20. The van der Waals surface area contributed by atoms with E-state index in [0.717, 1.165) is 6.26 Å². The quantitative estimate of drug-likeness (QED) is 0.350. The number of carbonyl (C=O) groups is 1. The van der Waals surface area contributed by atoms with Crippen molar-refractivity contribution in [2.45, 2.75) is 26.4 Å². The third-order valence-electron chi connectivity index (χ3n) is 5.01. The molecule has 0 spiro atoms. The minimum Gasteiger partial charge on any atom is -0.493 e. The molecule has 0 aliphatic heterocycles. The first kappa shape index (κ1) is 25.8. The lowest BCUT2D eigenvalue weighted by Crippen LogP contribution is -2.33. The number of sulfone groups is 1. The number of rotatable bonds is 10. The third kappa shape index (κ3) is 5.61. The molecule has 34 heavy (non-hydrogen) atoms. The fourth-order valence-corrected chi connectivity index (χ4v) is 4.91. The number of nitrogens with zero attached hydrogens (tertiary/aromatic N) is 3. The van der Waals surface area contributed by atoms with Crippen LogP contribution in [-0.2, 0) is 25.9 Å². The van der Waals surface area contributed by atoms with Crippen molar-refractivity contribution in [3.63, 3.8) is 0 Å². The molecule has 3 rings (SSSR count). The van der Waals surface area contributed by atoms with Gasteiger partial charge in [-0.15, -0.1) is 0 Å². The van der Waals surface area contributed by atoms with Crippen LogP contribution in [0.5, 0.6) is 11.5 Å². The van der Waals surface area contributed by atoms with Gasteiger partial charge in [0.25, 0.3) is 0 Å². The number of hydrogen-bond acceptors (Lipinski definition) is 8. The maximum absolute atomic E-state index is 13.6. The molecule has 0 amide bonds. The number of benzene rings is 1. The van der Waals surface area contributed by atoms with Gasteiger partial charge in [-0.3, -0.25) is 13.9 Å². The average Bonchev–Trinajstić information content (AvgIpc) is 3.02. The number of aromatic nitrogens is 3. The fourth-order valence-electron chi connectivity index (χ4n) is 3.67. The molecule has 0 aliphatic rings. The van der Waals surface area contributed by atoms with E-state index in [0.29, 0.717) is 33.7 Å². The largest absolute Gasteiger partial charge is 0.493 e. The number of pyridine rings is 1. The first-order chi connectivity index (χ1) is 16.1. The fraction of sp³-hybridized carbons (Fsp3) is 0.409. The van der Waals surface area contributed by atoms with Crippen molar-refractivity contribution in [3.05, 3.63) is 51.0 Å². The van der Waals surface area contributed by atoms with Gasteiger partial charge >= 0.3 is 11.7 Å². The first-order valence-electron chi connectivity index (χ1n) is 10.5. The van der Waals surface area contributed by atoms with Gasteiger partial charge in [-0.05, 0) is 53.5 Å². The molecule has 10 nitrogen and oxygen atoms in total. The van der Waals surface area contributed by atoms with Gasteiger partial charge in [0.15, 0.2) is 17.1 Å². The molecular weight excluding hydrogens is 530 g/mol. The summed E-state index contributed by atoms with van der Waals surface area (Å²) in [4.78, 5) is 30.2. The van der Waals surface area contributed by atoms with Crippen LogP contribution in [0.15, 0.2) is 39.7 Å². The lowest BCUT2D eigenvalue weighted by atomic mass is 10.1. The van der Waals surface area contributed by atoms with Crippen molar-refractivity contribution < 1.29 is 27.4 Å². The van der Waals surface area contributed by atoms with Crippen molar-refractivity contribution in [2.24, 2.45) is 0 Å². The molecule has 3 aromatic rings. The number of hydrogen-bond donors (Lipinski definition) is 0. The Hall–Kier alpha value is -2.86. The Morgan fingerprint density at radius 1 is 1.18 bits per heavy atom. The van der Waals surface area contributed by atoms with Crippen molar-refractivity contribution >= 4 is 42.9 Å². The second kappa shape index (κ2) is 10.6. The van der Waals surface area contributed by atoms with Crippen LogP contribution in [0, 0.1) is 0 Å². The summed E-state index contributed by atoms with van der Waals surface area (Å²) in [6, 6.07) is 5.70. The zero-order chi connectivity index (χ0) is 25.0. The molecule has 0 aliphatic carbocycles. The minimum absolute atomic E-state index is 0.164. The normalized spacial score (nSPS) is 12.5. The average molecular weight is 556 g/mol. The number of carbonyl (C=O) groups excluding carboxylic acids is 1. The predicted octanol–water partition coefficient (Wildman–Crippen LogP) is 2.56. The summed E-state index contributed by atoms with van der Waals surface area (Å²) in [6.45, 7) is 3.67. The summed E-state index contributed by atoms with van der Waals surface area (Å²) in [5.41, 5.74) is 0.525. The number of esters is 1. The van der Waals surface area contributed by atoms with Crippen LogP contribution in [0.4, 0.5) is 0 Å². The Bertz CT molecular complexity index is 1360. The van der Waals surface area contributed by atoms with Crippen LogP contribution in [-0.4, -0.2) is 60.8 Å². The number of fused-ring (bicyclic) bond motifs is 1. The smallest absolute Gasteiger partial charge is 0.331 e. The van der Waals surface area contributed by atoms with Crippen molar-refractivity contribution in [2.75, 3.05) is 32.3 Å². The summed E-state index contributed by atoms with van der Waals surface area (Å²) < 4.78 is 43.9. The maximum Gasteiger partial charge on any atom is 0.331 e. The van der Waals surface area contributed by atoms with Gasteiger partial charge in [0, 0.05) is 16.9 Å². The van der Waals surface area contributed by atoms with E-state index < -0.39 is 27.5 Å². The summed E-state index contributed by atoms with van der Waals surface area (Å²) in [5, 5.41) is 0. The zero-order valence-corrected chi connectivity index (χ0v) is 21.7. The summed E-state index contributed by atoms with van der Waals surface area (Å²) in [5.74, 6) is -0.0737. The molecule has 0 bridgehead atoms. The van der Waals surface area contributed by atoms with Crippen LogP contribution in [0.3, 0.4) is 0 Å². The van der Waals surface area contributed by atoms with Gasteiger partial charge in [0.1, 0.15) is 16.4 Å². The molecule has 0 fully saturated rings. The van der Waals surface area contributed by atoms with Gasteiger partial charge in [0.05, 0.1) is 37.6 Å². The van der Waals surface area contributed by atoms with E-state index >= 15 is 0 Å². The van der Waals surface area contributed by atoms with Crippen LogP contribution in [0.2, 0.25) is 0 Å². The Balaban J connectivity index is 2.29. The topological polar surface area (TPSA) is 119 Å². The van der Waals surface area contributed by atoms with E-state index in [1.54, 1.807) is 31.2 Å². The van der Waals surface area contributed by atoms with Crippen molar-refractivity contribution in [1.82, 2.24) is 14.1 Å². The van der Waals surface area contributed by atoms with Gasteiger partial charge in [-0.25, -0.2) is 18.2 Å². The van der Waals surface area contributed by atoms with E-state index in [2.05, 4.69) is 20.9 Å². The lowest BCUT2D eigenvalue weighted by molar-refractivity contribution is -0.143. The van der Waals surface area contributed by atoms with E-state index in [1.165, 1.54) is 22.4 Å². The van der Waals surface area contributed by atoms with Crippen LogP contribution in [0.25, 0.3) is 11.2 Å². The van der Waals surface area contributed by atoms with Gasteiger partial charge in [-0.2, -0.15) is 0 Å². The van der Waals surface area contributed by atoms with Gasteiger partial charge < -0.3 is 14.2 Å². The highest BCUT2D eigenvalue weighted by Crippen LogP contribution is 2.33. The van der Waals surface area contributed by atoms with Crippen LogP contribution >= 0.6 is 15.9 Å². The van der Waals surface area contributed by atoms with Crippen molar-refractivity contribution in [1.29, 1.82) is 0 Å². The number of imidazole rings is 1. The molecule has 1 aromatic carbocycles. The third-order valence-corrected chi connectivity index (χ3v) is 6.36. The van der Waals surface area contributed by atoms with E-state index in [4.69, 9.17) is 14.2 Å². The molecule has 1 atom stereocenters. The second-order valence-electron chi connectivity index (χ2n) is 7.49. The summed E-state index contributed by atoms with van der Waals surface area (Å²) >= 11 is 3.34. The summed E-state index contributed by atoms with van der Waals surface area (Å²) in [7, 11) is -2.05. The second-order valence-corrected chi connectivity index (χ2v) is 10.6. The predicted molar refractivity (Wildman–Crippen MR) is 130 cm³/mol. The standard InChI is InChI=1S/C22H26BrN3O7S/c1-5-32-19-9-14(7-8-18(19)31-3)17(13-34(4,29)30)26-21-16(10-15(23)11-24-21)25(22(26)28)12-20(27)33-6-2/h7-11,17H,5-6,12-13H2,1-4H3. The Morgan fingerprint density at radius 2 is 1.91 bits per heavy atom. The zero-order valence-electron chi connectivity index (χ0n) is 19.3. The summed E-state index contributed by atoms with van der Waals surface area (Å²) in [6.07, 6.45) is 2.60. The Morgan fingerprint density at radius 3 is 2.53 bits per heavy atom. The maximum atomic E-state index is 13.6. The SMILES string of the molecule is CCOC(=O)Cn1c(=O)n(C(CS(C)(=O)=O)c2ccc(OC)c(OCC)c2)c2ncc(Br)cc21. The molecule has 2 aromatic heterocycles. The van der Waals surface area contributed by atoms with Gasteiger partial charge in [0.2, 0.25) is 0 Å². The highest BCUT2D eigenvalue weighted by Gasteiger charge is 2.28. The molecule has 12 heteroatoms. The van der Waals surface area contributed by atoms with Crippen molar-refractivity contribution in [3.8, 4) is 11.5 Å². The molecule has 0 radical (unpaired) electrons. The highest BCUT2D eigenvalue weighted by atomic mass is 79.9. The van der Waals surface area contributed by atoms with Crippen LogP contribution < -0.4 is 15.2 Å². The monoisotopic (exact) mass is 555 g/mol. The number of ether oxygens (including phenoxy) is 3. The molecule has 0 N–H and O–H groups in total. The molecule has 184 valence electrons. The number of halogens is 1. The number of methoxy groups -OCH3 is 1. The molecule has 1 unspecified atom stereocenters. The first-order valence-corrected chi connectivity index (χ1v) is 13.3. The molecule has 0 saturated carbocycles. The molecule has 2 heterocycles. The van der Waals surface area contributed by atoms with E-state index in [-0.39, 0.29) is 24.6 Å². The van der Waals surface area contributed by atoms with E-state index in [9.17, 15) is 18.0 Å². The Labute approximate surface area is 205 Å². The van der Waals surface area contributed by atoms with E-state index in [1.807, 2.05) is 6.92 Å². The van der Waals surface area contributed by atoms with Crippen LogP contribution in [0.1, 0.15) is 25.5 Å².